The number of aliphatic carboxylic acids is 1. The summed E-state index contributed by atoms with van der Waals surface area (Å²) < 4.78 is 114. The molecule has 0 bridgehead atoms. The number of nitrogens with two attached hydrogens (primary N) is 1. The van der Waals surface area contributed by atoms with Crippen molar-refractivity contribution >= 4 is 137 Å². The first kappa shape index (κ1) is 121. The van der Waals surface area contributed by atoms with Crippen molar-refractivity contribution in [3.8, 4) is 51.7 Å². The van der Waals surface area contributed by atoms with Crippen molar-refractivity contribution in [1.29, 1.82) is 0 Å². The van der Waals surface area contributed by atoms with E-state index in [9.17, 15) is 63.9 Å². The third kappa shape index (κ3) is 38.0. The molecule has 8 aromatic carbocycles. The normalized spacial score (nSPS) is 10.5. The number of carbonyl (C=O) groups is 9. The van der Waals surface area contributed by atoms with Crippen LogP contribution >= 0.6 is 0 Å². The fourth-order valence-electron chi connectivity index (χ4n) is 11.9. The number of nitrogens with zero attached hydrogens (tertiary/aromatic N) is 7. The Bertz CT molecular complexity index is 6610. The van der Waals surface area contributed by atoms with E-state index in [1.54, 1.807) is 122 Å². The third-order valence-electron chi connectivity index (χ3n) is 17.7. The van der Waals surface area contributed by atoms with Gasteiger partial charge < -0.3 is 134 Å². The summed E-state index contributed by atoms with van der Waals surface area (Å²) in [6.07, 6.45) is 4.54. The van der Waals surface area contributed by atoms with Gasteiger partial charge in [0.15, 0.2) is 87.3 Å². The van der Waals surface area contributed by atoms with E-state index >= 15 is 0 Å². The molecule has 1 fully saturated rings. The first-order chi connectivity index (χ1) is 68.4. The molecular weight excluding hydrogens is 1920 g/mol. The Morgan fingerprint density at radius 3 is 1.20 bits per heavy atom. The predicted molar refractivity (Wildman–Crippen MR) is 515 cm³/mol. The summed E-state index contributed by atoms with van der Waals surface area (Å²) in [7, 11) is 9.76. The van der Waals surface area contributed by atoms with Gasteiger partial charge in [-0.2, -0.15) is 0 Å². The van der Waals surface area contributed by atoms with Gasteiger partial charge in [0, 0.05) is 98.2 Å². The van der Waals surface area contributed by atoms with Gasteiger partial charge in [0.2, 0.25) is 0 Å². The van der Waals surface area contributed by atoms with E-state index in [-0.39, 0.29) is 74.7 Å². The topological polar surface area (TPSA) is 639 Å². The second-order valence-corrected chi connectivity index (χ2v) is 28.7. The van der Waals surface area contributed by atoms with E-state index in [0.29, 0.717) is 165 Å². The van der Waals surface area contributed by atoms with Crippen LogP contribution in [0, 0.1) is 48.5 Å². The minimum atomic E-state index is -1.44. The minimum absolute atomic E-state index is 0.00981. The Kier molecular flexibility index (Phi) is 54.1. The number of hydrogen-bond donors (Lipinski definition) is 8. The molecule has 9 N–H and O–H groups in total. The molecule has 775 valence electrons. The van der Waals surface area contributed by atoms with Crippen LogP contribution in [-0.2, 0) is 76.6 Å². The third-order valence-corrected chi connectivity index (χ3v) is 17.7. The molecule has 44 nitrogen and oxygen atoms in total. The van der Waals surface area contributed by atoms with Gasteiger partial charge in [-0.1, -0.05) is 29.3 Å². The van der Waals surface area contributed by atoms with Gasteiger partial charge in [0.25, 0.3) is 11.9 Å². The molecule has 1 aliphatic heterocycles. The predicted octanol–water partition coefficient (Wildman–Crippen LogP) is 17.7. The van der Waals surface area contributed by atoms with Gasteiger partial charge >= 0.3 is 40.4 Å². The molecule has 0 spiro atoms. The number of rotatable bonds is 17. The molecule has 0 unspecified atom stereocenters. The number of Topliss-reactive ketones (excluding diaryl/α,β-unsaturated/α-hetero) is 2. The summed E-state index contributed by atoms with van der Waals surface area (Å²) in [5.41, 5.74) is 14.9. The van der Waals surface area contributed by atoms with Gasteiger partial charge in [-0.05, 0) is 179 Å². The molecule has 1 aliphatic rings. The number of hydrogen-bond acceptors (Lipinski definition) is 43. The van der Waals surface area contributed by atoms with E-state index in [4.69, 9.17) is 98.9 Å². The molecule has 143 heavy (non-hydrogen) atoms. The number of carboxylic acids is 1. The van der Waals surface area contributed by atoms with Gasteiger partial charge in [-0.15, -0.1) is 0 Å². The van der Waals surface area contributed by atoms with Crippen LogP contribution in [0.1, 0.15) is 199 Å². The first-order valence-corrected chi connectivity index (χ1v) is 43.7. The van der Waals surface area contributed by atoms with Crippen molar-refractivity contribution in [1.82, 2.24) is 35.4 Å². The molecule has 1 saturated heterocycles. The number of methoxy groups -OCH3 is 7. The van der Waals surface area contributed by atoms with E-state index in [1.807, 2.05) is 46.8 Å². The number of aliphatic hydroxyl groups is 1. The van der Waals surface area contributed by atoms with Crippen molar-refractivity contribution in [2.75, 3.05) is 88.5 Å². The molecule has 0 amide bonds. The summed E-state index contributed by atoms with van der Waals surface area (Å²) >= 11 is -1.44. The van der Waals surface area contributed by atoms with Crippen LogP contribution in [0.5, 0.6) is 51.7 Å². The summed E-state index contributed by atoms with van der Waals surface area (Å²) in [6.45, 7) is 33.0. The van der Waals surface area contributed by atoms with Crippen LogP contribution < -0.4 is 24.7 Å². The number of aliphatic hydroxyl groups excluding tert-OH is 1. The number of ketones is 2. The van der Waals surface area contributed by atoms with Crippen molar-refractivity contribution < 1.29 is 186 Å². The standard InChI is InChI=1S/C11H11NO4.C10H9NO4.C10H11NO3.2C10H9NO3.C9H7NO3.C8H9NO4.C8H7NO2.C8H18O3.C4H8O.2C3H6O.C2H4O2.C2H6.Mn.2O/c1-6-12-7-4-5-8(14-2)9(10(7)16-6)11(13)15-3;1-5-11-6-3-4-7(12)8(9(6)15-5)10(13)14-2;2*1-6-11-8-3-4-9(13-2)7(5-12)10(8)14-6;1-6-7-3-4-9(13-2)8(5-12)10(7)14-11-6;1-5-6-2-3-8(12)7(4-11)9(6)13-10-5;1-13-8(12)6-5(10)3-2-4(9)7(6)11;1-5-7-3-2-6(10)4-8(7)11-9-5;1-5-9-8(4,10-6-2)11-7-3;1-2-4-5-3-1;2*1-3(2)4;1-2(3)4;1-2;;;/h4-5H,1-3H3;3-4,12H,1-2H3;3-4,12H,5H2,1-2H3;2*3-5H,1-2H3;2-4,12H,1H3;2-3,10-11H,9H2,1H3;2-4,10H,1H3;5-7H2,1-4H3;1-4H2;2*1-2H3;1H3,(H,3,4);1-2H3;;;/i;;;;;;;;;;;;;1D;;;. The van der Waals surface area contributed by atoms with E-state index in [0.717, 1.165) is 60.3 Å². The van der Waals surface area contributed by atoms with Crippen LogP contribution in [0.2, 0.25) is 0 Å². The Morgan fingerprint density at radius 1 is 0.455 bits per heavy atom. The fraction of sp³-hybridized carbons (Fsp3) is 0.347. The maximum absolute atomic E-state index is 11.6. The second kappa shape index (κ2) is 63.7. The fourth-order valence-corrected chi connectivity index (χ4v) is 11.9. The summed E-state index contributed by atoms with van der Waals surface area (Å²) in [6, 6.07) is 27.5. The second-order valence-electron chi connectivity index (χ2n) is 28.5. The molecular formula is C98H120MnN8O36. The Balaban J connectivity index is 0.000000533. The van der Waals surface area contributed by atoms with Crippen molar-refractivity contribution in [3.63, 3.8) is 0 Å². The van der Waals surface area contributed by atoms with Crippen LogP contribution in [0.15, 0.2) is 134 Å². The van der Waals surface area contributed by atoms with E-state index in [1.165, 1.54) is 100 Å². The van der Waals surface area contributed by atoms with Crippen LogP contribution in [0.3, 0.4) is 0 Å². The molecule has 0 aliphatic carbocycles. The number of phenols is 5. The number of phenolic OH excluding ortho intramolecular Hbond substituents is 5. The van der Waals surface area contributed by atoms with Crippen LogP contribution in [-0.4, -0.2) is 214 Å². The van der Waals surface area contributed by atoms with Gasteiger partial charge in [0.1, 0.15) is 113 Å². The Labute approximate surface area is 827 Å². The maximum atomic E-state index is 11.6. The Hall–Kier alpha value is -15.8. The zero-order chi connectivity index (χ0) is 109. The summed E-state index contributed by atoms with van der Waals surface area (Å²) in [5.74, 6) is -0.121. The summed E-state index contributed by atoms with van der Waals surface area (Å²) in [4.78, 5) is 111. The molecule has 15 aromatic rings. The molecule has 0 saturated carbocycles. The van der Waals surface area contributed by atoms with Gasteiger partial charge in [-0.25, -0.2) is 34.3 Å². The Morgan fingerprint density at radius 2 is 0.783 bits per heavy atom. The summed E-state index contributed by atoms with van der Waals surface area (Å²) in [5, 5.41) is 76.8. The van der Waals surface area contributed by atoms with Crippen LogP contribution in [0.25, 0.3) is 77.3 Å². The molecule has 45 heteroatoms. The number of oxazole rings is 4. The molecule has 7 aromatic heterocycles. The van der Waals surface area contributed by atoms with Gasteiger partial charge in [-0.3, -0.25) is 19.2 Å². The van der Waals surface area contributed by atoms with Crippen molar-refractivity contribution in [3.05, 3.63) is 183 Å². The van der Waals surface area contributed by atoms with Crippen LogP contribution in [0.4, 0.5) is 5.69 Å². The number of aryl methyl sites for hydroxylation is 7. The number of benzene rings is 8. The quantitative estimate of drug-likeness (QED) is 0.00613. The molecule has 16 rings (SSSR count). The molecule has 0 atom stereocenters. The number of nitrogen functional groups attached to an aromatic ring is 1. The van der Waals surface area contributed by atoms with Crippen molar-refractivity contribution in [2.24, 2.45) is 0 Å². The average molecular weight is 2040 g/mol. The number of anilines is 1. The number of carboxylic acid groups (broad SMARTS) is 1. The number of carbonyl (C=O) groups excluding carboxylic acids is 8. The van der Waals surface area contributed by atoms with E-state index < -0.39 is 50.4 Å². The zero-order valence-electron chi connectivity index (χ0n) is 84.5. The average Bonchev–Trinajstić information content (AvgIpc) is 1.66. The number of aromatic nitrogens is 7. The number of aromatic hydroxyl groups is 5. The van der Waals surface area contributed by atoms with E-state index in [2.05, 4.69) is 49.6 Å². The number of aldehydes is 3. The molecule has 8 heterocycles. The monoisotopic (exact) mass is 2040 g/mol. The molecule has 0 radical (unpaired) electrons. The van der Waals surface area contributed by atoms with Crippen molar-refractivity contribution in [2.45, 2.75) is 150 Å². The number of ether oxygens (including phenoxy) is 11. The SMILES string of the molecule is C1CCOC1.CC(=O)O.CC(C)=O.CC(C)=O.CCOC(C)(OCC)OCC.COC(=O)c1c(O)ccc(N)c1O.COC(=O)c1c(O)ccc2nc(C)oc12.COC(=O)c1c(OC)ccc2nc(C)oc12.COc1ccc2c(C)noc2c1C=O.COc1ccc2nc(C)oc2c1C=O.COc1ccc2nc(C)oc2c1CO.Cc1noc2c(C=O)c(O)ccc12.Cc1noc2cc(O)ccc12.[2H]CC.[O]=[Mn]=[O]. The first-order valence-electron chi connectivity index (χ1n) is 43.4. The number of fused-ring (bicyclic) bond motifs is 7. The number of esters is 3. The van der Waals surface area contributed by atoms with Gasteiger partial charge in [0.05, 0.1) is 84.7 Å². The zero-order valence-corrected chi connectivity index (χ0v) is 84.6.